The molecule has 1 aromatic carbocycles. The number of carbonyl (C=O) groups excluding carboxylic acids is 1. The number of ether oxygens (including phenoxy) is 1. The monoisotopic (exact) mass is 897 g/mol. The van der Waals surface area contributed by atoms with E-state index in [1.165, 1.54) is 52.0 Å². The van der Waals surface area contributed by atoms with Crippen molar-refractivity contribution >= 4 is 65.8 Å². The number of pyridine rings is 3. The fourth-order valence-electron chi connectivity index (χ4n) is 8.17. The lowest BCUT2D eigenvalue weighted by atomic mass is 9.86. The van der Waals surface area contributed by atoms with Crippen LogP contribution in [0.2, 0.25) is 5.02 Å². The predicted molar refractivity (Wildman–Crippen MR) is 231 cm³/mol. The molecule has 62 heavy (non-hydrogen) atoms. The number of nitrogens with zero attached hydrogens (tertiary/aromatic N) is 8. The average molecular weight is 898 g/mol. The normalized spacial score (nSPS) is 17.0. The second-order valence-electron chi connectivity index (χ2n) is 14.9. The number of piperidine rings is 1. The quantitative estimate of drug-likeness (QED) is 0.140. The Balaban J connectivity index is 1.05. The zero-order valence-electron chi connectivity index (χ0n) is 33.4. The summed E-state index contributed by atoms with van der Waals surface area (Å²) < 4.78 is 59.8. The van der Waals surface area contributed by atoms with Gasteiger partial charge in [-0.25, -0.2) is 23.1 Å². The van der Waals surface area contributed by atoms with E-state index in [-0.39, 0.29) is 45.6 Å². The van der Waals surface area contributed by atoms with E-state index in [0.29, 0.717) is 63.0 Å². The van der Waals surface area contributed by atoms with Crippen LogP contribution in [0.3, 0.4) is 0 Å². The summed E-state index contributed by atoms with van der Waals surface area (Å²) in [5, 5.41) is 12.6. The van der Waals surface area contributed by atoms with Crippen LogP contribution in [0, 0.1) is 30.1 Å². The molecule has 5 aromatic heterocycles. The van der Waals surface area contributed by atoms with E-state index in [2.05, 4.69) is 57.1 Å². The molecule has 318 valence electrons. The van der Waals surface area contributed by atoms with Crippen LogP contribution in [0.15, 0.2) is 76.3 Å². The van der Waals surface area contributed by atoms with Gasteiger partial charge in [-0.3, -0.25) is 24.1 Å². The summed E-state index contributed by atoms with van der Waals surface area (Å²) in [4.78, 5) is 49.3. The number of aromatic nitrogens is 5. The molecule has 6 heterocycles. The molecule has 1 amide bonds. The summed E-state index contributed by atoms with van der Waals surface area (Å²) in [6, 6.07) is 12.2. The van der Waals surface area contributed by atoms with E-state index >= 15 is 0 Å². The summed E-state index contributed by atoms with van der Waals surface area (Å²) in [6.07, 6.45) is 7.91. The van der Waals surface area contributed by atoms with Gasteiger partial charge in [0, 0.05) is 77.4 Å². The third-order valence-corrected chi connectivity index (χ3v) is 13.9. The maximum absolute atomic E-state index is 14.3. The summed E-state index contributed by atoms with van der Waals surface area (Å²) in [6.45, 7) is 2.93. The number of hydrogen-bond acceptors (Lipinski definition) is 13. The van der Waals surface area contributed by atoms with E-state index in [9.17, 15) is 32.0 Å². The Morgan fingerprint density at radius 1 is 1.13 bits per heavy atom. The molecule has 14 nitrogen and oxygen atoms in total. The van der Waals surface area contributed by atoms with Gasteiger partial charge in [-0.05, 0) is 75.9 Å². The lowest BCUT2D eigenvalue weighted by molar-refractivity contribution is -0.194. The lowest BCUT2D eigenvalue weighted by Crippen LogP contribution is -2.54. The van der Waals surface area contributed by atoms with Crippen LogP contribution in [0.4, 0.5) is 14.6 Å². The summed E-state index contributed by atoms with van der Waals surface area (Å²) in [5.74, 6) is 6.22. The zero-order chi connectivity index (χ0) is 43.7. The highest BCUT2D eigenvalue weighted by Crippen LogP contribution is 2.37. The van der Waals surface area contributed by atoms with Crippen LogP contribution in [0.5, 0.6) is 0 Å². The van der Waals surface area contributed by atoms with Crippen LogP contribution in [0.25, 0.3) is 32.2 Å². The largest absolute Gasteiger partial charge is 0.353 e. The van der Waals surface area contributed by atoms with Crippen LogP contribution in [0.1, 0.15) is 59.9 Å². The molecular weight excluding hydrogens is 860 g/mol. The van der Waals surface area contributed by atoms with Crippen molar-refractivity contribution in [3.05, 3.63) is 104 Å². The number of nitrogens with one attached hydrogen (secondary N) is 1. The zero-order valence-corrected chi connectivity index (χ0v) is 35.8. The molecule has 1 saturated heterocycles. The number of thiophene rings is 1. The number of benzene rings is 1. The van der Waals surface area contributed by atoms with Crippen LogP contribution in [-0.2, 0) is 21.3 Å². The number of anilines is 1. The highest BCUT2D eigenvalue weighted by molar-refractivity contribution is 7.90. The van der Waals surface area contributed by atoms with Crippen molar-refractivity contribution in [3.8, 4) is 29.0 Å². The number of alkyl halides is 2. The number of hydrogen-bond donors (Lipinski definition) is 1. The fourth-order valence-corrected chi connectivity index (χ4v) is 10.3. The third-order valence-electron chi connectivity index (χ3n) is 11.3. The SMILES string of the molecule is CCN(c1ncc2nc(C)n(CC#Cc3ccc(Cl)cc3-c3ccnc4c(C(=O)NS(=O)(=O)c5cccnc5)csc34)c(=O)c2c1C#N)C1CCN(C2CC(OC(F)F)C2)CC1. The molecule has 1 aliphatic heterocycles. The second-order valence-corrected chi connectivity index (χ2v) is 17.9. The van der Waals surface area contributed by atoms with Gasteiger partial charge >= 0.3 is 6.61 Å². The number of rotatable bonds is 11. The lowest BCUT2D eigenvalue weighted by Gasteiger charge is -2.47. The molecule has 6 aromatic rings. The number of sulfonamides is 1. The molecule has 1 saturated carbocycles. The van der Waals surface area contributed by atoms with Gasteiger partial charge in [0.15, 0.2) is 0 Å². The highest BCUT2D eigenvalue weighted by Gasteiger charge is 2.38. The summed E-state index contributed by atoms with van der Waals surface area (Å²) in [7, 11) is -4.19. The van der Waals surface area contributed by atoms with Crippen LogP contribution < -0.4 is 15.2 Å². The van der Waals surface area contributed by atoms with Gasteiger partial charge in [-0.1, -0.05) is 23.4 Å². The van der Waals surface area contributed by atoms with Gasteiger partial charge in [0.05, 0.1) is 45.5 Å². The van der Waals surface area contributed by atoms with E-state index in [0.717, 1.165) is 32.1 Å². The first-order chi connectivity index (χ1) is 29.9. The van der Waals surface area contributed by atoms with E-state index in [4.69, 9.17) is 11.6 Å². The van der Waals surface area contributed by atoms with Gasteiger partial charge < -0.3 is 14.5 Å². The summed E-state index contributed by atoms with van der Waals surface area (Å²) in [5.41, 5.74) is 2.21. The number of amides is 1. The number of aryl methyl sites for hydroxylation is 1. The van der Waals surface area contributed by atoms with E-state index in [1.807, 2.05) is 6.92 Å². The third kappa shape index (κ3) is 8.49. The molecule has 0 bridgehead atoms. The number of nitriles is 1. The number of fused-ring (bicyclic) bond motifs is 2. The van der Waals surface area contributed by atoms with Crippen molar-refractivity contribution < 1.29 is 26.7 Å². The molecule has 2 aliphatic rings. The minimum absolute atomic E-state index is 0.0506. The first-order valence-corrected chi connectivity index (χ1v) is 22.5. The van der Waals surface area contributed by atoms with Gasteiger partial charge in [0.1, 0.15) is 28.2 Å². The number of likely N-dealkylation sites (tertiary alicyclic amines) is 1. The first kappa shape index (κ1) is 42.8. The average Bonchev–Trinajstić information content (AvgIpc) is 3.69. The van der Waals surface area contributed by atoms with Gasteiger partial charge in [0.2, 0.25) is 0 Å². The molecule has 1 aliphatic carbocycles. The van der Waals surface area contributed by atoms with Crippen molar-refractivity contribution in [3.63, 3.8) is 0 Å². The highest BCUT2D eigenvalue weighted by atomic mass is 35.5. The second kappa shape index (κ2) is 17.8. The molecule has 2 fully saturated rings. The Morgan fingerprint density at radius 2 is 1.92 bits per heavy atom. The fraction of sp³-hybridized carbons (Fsp3) is 0.326. The Kier molecular flexibility index (Phi) is 12.3. The maximum atomic E-state index is 14.3. The van der Waals surface area contributed by atoms with Crippen molar-refractivity contribution in [2.75, 3.05) is 24.5 Å². The van der Waals surface area contributed by atoms with Crippen LogP contribution >= 0.6 is 22.9 Å². The summed E-state index contributed by atoms with van der Waals surface area (Å²) >= 11 is 7.70. The number of carbonyl (C=O) groups is 1. The predicted octanol–water partition coefficient (Wildman–Crippen LogP) is 6.53. The molecule has 0 unspecified atom stereocenters. The Bertz CT molecular complexity index is 2970. The minimum Gasteiger partial charge on any atom is -0.353 e. The maximum Gasteiger partial charge on any atom is 0.345 e. The molecule has 0 radical (unpaired) electrons. The van der Waals surface area contributed by atoms with Gasteiger partial charge in [0.25, 0.3) is 21.5 Å². The molecule has 8 rings (SSSR count). The topological polar surface area (TPSA) is 176 Å². The molecular formula is C43H38ClF2N9O5S2. The molecule has 19 heteroatoms. The Hall–Kier alpha value is -5.89. The number of halogens is 3. The van der Waals surface area contributed by atoms with Crippen molar-refractivity contribution in [1.82, 2.24) is 34.1 Å². The first-order valence-electron chi connectivity index (χ1n) is 19.7. The van der Waals surface area contributed by atoms with Crippen molar-refractivity contribution in [1.29, 1.82) is 5.26 Å². The van der Waals surface area contributed by atoms with Crippen molar-refractivity contribution in [2.24, 2.45) is 0 Å². The Morgan fingerprint density at radius 3 is 2.63 bits per heavy atom. The Labute approximate surface area is 364 Å². The van der Waals surface area contributed by atoms with Crippen molar-refractivity contribution in [2.45, 2.75) is 75.8 Å². The smallest absolute Gasteiger partial charge is 0.345 e. The molecule has 0 atom stereocenters. The molecule has 1 N–H and O–H groups in total. The minimum atomic E-state index is -4.19. The molecule has 0 spiro atoms. The van der Waals surface area contributed by atoms with Gasteiger partial charge in [-0.2, -0.15) is 14.0 Å². The van der Waals surface area contributed by atoms with Crippen LogP contribution in [-0.4, -0.2) is 88.2 Å². The van der Waals surface area contributed by atoms with E-state index in [1.54, 1.807) is 31.2 Å². The van der Waals surface area contributed by atoms with Gasteiger partial charge in [-0.15, -0.1) is 11.3 Å². The van der Waals surface area contributed by atoms with E-state index < -0.39 is 34.2 Å². The standard InChI is InChI=1S/C43H38ClF2N9O5S2/c1-3-54(28-11-16-53(17-12-28)29-19-30(20-29)60-43(45)46)40-34(21-47)37-36(23-50-40)51-25(2)55(42(37)57)15-5-6-26-8-9-27(44)18-33(26)32-10-14-49-38-35(24-61-39(32)38)41(56)52-62(58,59)31-7-4-13-48-22-31/h4,7-10,13-14,18,22-24,28-30,43H,3,11-12,15-17,19-20H2,1-2H3,(H,52,56).